The number of nitrogens with one attached hydrogen (secondary N) is 1. The number of primary amides is 1. The van der Waals surface area contributed by atoms with Crippen molar-refractivity contribution in [3.05, 3.63) is 54.1 Å². The summed E-state index contributed by atoms with van der Waals surface area (Å²) in [6.07, 6.45) is 0. The molecule has 0 spiro atoms. The summed E-state index contributed by atoms with van der Waals surface area (Å²) in [6.45, 7) is -0.228. The smallest absolute Gasteiger partial charge is 0.265 e. The van der Waals surface area contributed by atoms with Crippen LogP contribution in [0.25, 0.3) is 0 Å². The van der Waals surface area contributed by atoms with Crippen LogP contribution >= 0.6 is 0 Å². The van der Waals surface area contributed by atoms with E-state index in [0.717, 1.165) is 0 Å². The largest absolute Gasteiger partial charge is 0.482 e. The molecule has 122 valence electrons. The molecule has 3 amide bonds. The first kappa shape index (κ1) is 15.5. The molecule has 1 aliphatic heterocycles. The van der Waals surface area contributed by atoms with Crippen LogP contribution in [0, 0.1) is 0 Å². The Morgan fingerprint density at radius 1 is 1.12 bits per heavy atom. The number of carbonyl (C=O) groups excluding carboxylic acids is 3. The van der Waals surface area contributed by atoms with Gasteiger partial charge in [-0.05, 0) is 36.4 Å². The van der Waals surface area contributed by atoms with Gasteiger partial charge >= 0.3 is 0 Å². The van der Waals surface area contributed by atoms with Crippen LogP contribution in [0.3, 0.4) is 0 Å². The van der Waals surface area contributed by atoms with Gasteiger partial charge in [0, 0.05) is 11.3 Å². The number of hydrogen-bond acceptors (Lipinski definition) is 4. The van der Waals surface area contributed by atoms with Crippen LogP contribution in [0.15, 0.2) is 48.5 Å². The van der Waals surface area contributed by atoms with Crippen molar-refractivity contribution in [3.63, 3.8) is 0 Å². The maximum atomic E-state index is 12.2. The third-order valence-electron chi connectivity index (χ3n) is 3.56. The SMILES string of the molecule is NC(=O)c1ccc(NC(=O)CN2C(=O)COc3ccccc32)cc1. The molecule has 7 nitrogen and oxygen atoms in total. The Bertz CT molecular complexity index is 802. The van der Waals surface area contributed by atoms with E-state index in [4.69, 9.17) is 10.5 Å². The number of amides is 3. The minimum atomic E-state index is -0.539. The highest BCUT2D eigenvalue weighted by Gasteiger charge is 2.26. The molecule has 0 aliphatic carbocycles. The van der Waals surface area contributed by atoms with Gasteiger partial charge < -0.3 is 15.8 Å². The summed E-state index contributed by atoms with van der Waals surface area (Å²) in [5.74, 6) is -0.612. The van der Waals surface area contributed by atoms with E-state index in [-0.39, 0.29) is 25.0 Å². The molecule has 1 aliphatic rings. The molecule has 0 bridgehead atoms. The second-order valence-electron chi connectivity index (χ2n) is 5.23. The predicted molar refractivity (Wildman–Crippen MR) is 87.9 cm³/mol. The van der Waals surface area contributed by atoms with Gasteiger partial charge in [-0.2, -0.15) is 0 Å². The summed E-state index contributed by atoms with van der Waals surface area (Å²) < 4.78 is 5.33. The number of para-hydroxylation sites is 2. The van der Waals surface area contributed by atoms with Crippen LogP contribution in [0.4, 0.5) is 11.4 Å². The van der Waals surface area contributed by atoms with Crippen LogP contribution in [-0.4, -0.2) is 30.9 Å². The van der Waals surface area contributed by atoms with Gasteiger partial charge in [-0.3, -0.25) is 19.3 Å². The lowest BCUT2D eigenvalue weighted by atomic mass is 10.2. The maximum Gasteiger partial charge on any atom is 0.265 e. The molecule has 0 atom stereocenters. The minimum absolute atomic E-state index is 0.0996. The van der Waals surface area contributed by atoms with Gasteiger partial charge in [-0.15, -0.1) is 0 Å². The zero-order valence-corrected chi connectivity index (χ0v) is 12.7. The first-order valence-corrected chi connectivity index (χ1v) is 7.26. The number of fused-ring (bicyclic) bond motifs is 1. The van der Waals surface area contributed by atoms with Crippen molar-refractivity contribution >= 4 is 29.1 Å². The topological polar surface area (TPSA) is 102 Å². The maximum absolute atomic E-state index is 12.2. The summed E-state index contributed by atoms with van der Waals surface area (Å²) in [5, 5.41) is 2.68. The Kier molecular flexibility index (Phi) is 4.15. The molecule has 3 N–H and O–H groups in total. The molecule has 0 aromatic heterocycles. The molecular weight excluding hydrogens is 310 g/mol. The monoisotopic (exact) mass is 325 g/mol. The number of nitrogens with zero attached hydrogens (tertiary/aromatic N) is 1. The first-order valence-electron chi connectivity index (χ1n) is 7.26. The predicted octanol–water partition coefficient (Wildman–Crippen LogP) is 1.15. The molecular formula is C17H15N3O4. The average Bonchev–Trinajstić information content (AvgIpc) is 2.58. The van der Waals surface area contributed by atoms with E-state index in [1.54, 1.807) is 36.4 Å². The molecule has 2 aromatic carbocycles. The fourth-order valence-corrected chi connectivity index (χ4v) is 2.39. The van der Waals surface area contributed by atoms with E-state index in [9.17, 15) is 14.4 Å². The summed E-state index contributed by atoms with van der Waals surface area (Å²) in [5.41, 5.74) is 6.60. The van der Waals surface area contributed by atoms with Gasteiger partial charge in [-0.1, -0.05) is 12.1 Å². The third kappa shape index (κ3) is 3.19. The van der Waals surface area contributed by atoms with Gasteiger partial charge in [0.05, 0.1) is 5.69 Å². The molecule has 7 heteroatoms. The highest BCUT2D eigenvalue weighted by molar-refractivity contribution is 6.05. The van der Waals surface area contributed by atoms with Gasteiger partial charge in [0.2, 0.25) is 11.8 Å². The Morgan fingerprint density at radius 2 is 1.83 bits per heavy atom. The lowest BCUT2D eigenvalue weighted by Gasteiger charge is -2.28. The van der Waals surface area contributed by atoms with E-state index >= 15 is 0 Å². The van der Waals surface area contributed by atoms with Gasteiger partial charge in [0.25, 0.3) is 5.91 Å². The standard InChI is InChI=1S/C17H15N3O4/c18-17(23)11-5-7-12(8-6-11)19-15(21)9-20-13-3-1-2-4-14(13)24-10-16(20)22/h1-8H,9-10H2,(H2,18,23)(H,19,21). The average molecular weight is 325 g/mol. The zero-order chi connectivity index (χ0) is 17.1. The number of rotatable bonds is 4. The minimum Gasteiger partial charge on any atom is -0.482 e. The summed E-state index contributed by atoms with van der Waals surface area (Å²) in [7, 11) is 0. The molecule has 0 radical (unpaired) electrons. The fraction of sp³-hybridized carbons (Fsp3) is 0.118. The summed E-state index contributed by atoms with van der Waals surface area (Å²) in [4.78, 5) is 36.7. The van der Waals surface area contributed by atoms with Crippen LogP contribution in [-0.2, 0) is 9.59 Å². The van der Waals surface area contributed by atoms with E-state index in [0.29, 0.717) is 22.7 Å². The van der Waals surface area contributed by atoms with E-state index in [1.165, 1.54) is 17.0 Å². The number of nitrogens with two attached hydrogens (primary N) is 1. The Hall–Kier alpha value is -3.35. The van der Waals surface area contributed by atoms with E-state index in [2.05, 4.69) is 5.32 Å². The van der Waals surface area contributed by atoms with Crippen LogP contribution in [0.5, 0.6) is 5.75 Å². The van der Waals surface area contributed by atoms with Crippen molar-refractivity contribution in [3.8, 4) is 5.75 Å². The molecule has 0 saturated heterocycles. The molecule has 3 rings (SSSR count). The zero-order valence-electron chi connectivity index (χ0n) is 12.7. The number of benzene rings is 2. The number of carbonyl (C=O) groups is 3. The van der Waals surface area contributed by atoms with Crippen LogP contribution < -0.4 is 20.7 Å². The third-order valence-corrected chi connectivity index (χ3v) is 3.56. The highest BCUT2D eigenvalue weighted by Crippen LogP contribution is 2.31. The molecule has 24 heavy (non-hydrogen) atoms. The van der Waals surface area contributed by atoms with Gasteiger partial charge in [0.15, 0.2) is 6.61 Å². The van der Waals surface area contributed by atoms with E-state index in [1.807, 2.05) is 0 Å². The molecule has 0 fully saturated rings. The van der Waals surface area contributed by atoms with Crippen LogP contribution in [0.2, 0.25) is 0 Å². The van der Waals surface area contributed by atoms with Gasteiger partial charge in [-0.25, -0.2) is 0 Å². The van der Waals surface area contributed by atoms with Crippen molar-refractivity contribution in [2.24, 2.45) is 5.73 Å². The van der Waals surface area contributed by atoms with Crippen molar-refractivity contribution in [2.75, 3.05) is 23.4 Å². The molecule has 0 saturated carbocycles. The second-order valence-corrected chi connectivity index (χ2v) is 5.23. The summed E-state index contributed by atoms with van der Waals surface area (Å²) in [6, 6.07) is 13.2. The van der Waals surface area contributed by atoms with Crippen molar-refractivity contribution in [1.82, 2.24) is 0 Å². The Balaban J connectivity index is 1.70. The van der Waals surface area contributed by atoms with Crippen molar-refractivity contribution in [1.29, 1.82) is 0 Å². The summed E-state index contributed by atoms with van der Waals surface area (Å²) >= 11 is 0. The normalized spacial score (nSPS) is 13.0. The number of anilines is 2. The quantitative estimate of drug-likeness (QED) is 0.880. The number of ether oxygens (including phenoxy) is 1. The van der Waals surface area contributed by atoms with Crippen LogP contribution in [0.1, 0.15) is 10.4 Å². The fourth-order valence-electron chi connectivity index (χ4n) is 2.39. The molecule has 1 heterocycles. The van der Waals surface area contributed by atoms with Gasteiger partial charge in [0.1, 0.15) is 12.3 Å². The highest BCUT2D eigenvalue weighted by atomic mass is 16.5. The number of hydrogen-bond donors (Lipinski definition) is 2. The lowest BCUT2D eigenvalue weighted by Crippen LogP contribution is -2.43. The second kappa shape index (κ2) is 6.41. The first-order chi connectivity index (χ1) is 11.5. The van der Waals surface area contributed by atoms with Crippen molar-refractivity contribution in [2.45, 2.75) is 0 Å². The van der Waals surface area contributed by atoms with Crippen molar-refractivity contribution < 1.29 is 19.1 Å². The lowest BCUT2D eigenvalue weighted by molar-refractivity contribution is -0.123. The Labute approximate surface area is 138 Å². The Morgan fingerprint density at radius 3 is 2.54 bits per heavy atom. The molecule has 2 aromatic rings. The molecule has 0 unspecified atom stereocenters. The van der Waals surface area contributed by atoms with E-state index < -0.39 is 5.91 Å².